The van der Waals surface area contributed by atoms with Crippen LogP contribution in [0.25, 0.3) is 0 Å². The first kappa shape index (κ1) is 19.7. The van der Waals surface area contributed by atoms with Crippen LogP contribution in [-0.4, -0.2) is 30.8 Å². The Morgan fingerprint density at radius 2 is 1.88 bits per heavy atom. The molecule has 1 aromatic carbocycles. The van der Waals surface area contributed by atoms with Crippen LogP contribution in [0.3, 0.4) is 0 Å². The van der Waals surface area contributed by atoms with Crippen molar-refractivity contribution in [3.63, 3.8) is 0 Å². The summed E-state index contributed by atoms with van der Waals surface area (Å²) in [5, 5.41) is 11.0. The third-order valence-corrected chi connectivity index (χ3v) is 14.6. The van der Waals surface area contributed by atoms with Crippen molar-refractivity contribution >= 4 is 19.6 Å². The number of hydrogen-bond acceptors (Lipinski definition) is 1. The number of aliphatic hydroxyl groups is 1. The Kier molecular flexibility index (Phi) is 6.57. The van der Waals surface area contributed by atoms with Crippen molar-refractivity contribution in [1.29, 1.82) is 0 Å². The van der Waals surface area contributed by atoms with E-state index in [9.17, 15) is 5.11 Å². The van der Waals surface area contributed by atoms with Gasteiger partial charge in [0.15, 0.2) is 0 Å². The molecule has 0 spiro atoms. The monoisotopic (exact) mass is 459 g/mol. The van der Waals surface area contributed by atoms with Crippen molar-refractivity contribution in [2.45, 2.75) is 85.2 Å². The van der Waals surface area contributed by atoms with Crippen molar-refractivity contribution in [3.8, 4) is 0 Å². The van der Waals surface area contributed by atoms with Crippen LogP contribution in [0.2, 0.25) is 8.94 Å². The Morgan fingerprint density at radius 1 is 1.12 bits per heavy atom. The van der Waals surface area contributed by atoms with Crippen LogP contribution in [0, 0.1) is 16.7 Å². The predicted molar refractivity (Wildman–Crippen MR) is 109 cm³/mol. The van der Waals surface area contributed by atoms with Crippen LogP contribution >= 0.6 is 0 Å². The Hall–Kier alpha value is -0.0304. The molecule has 1 nitrogen and oxygen atoms in total. The molecule has 2 bridgehead atoms. The Labute approximate surface area is 162 Å². The number of benzene rings is 1. The maximum absolute atomic E-state index is 11.0. The van der Waals surface area contributed by atoms with Gasteiger partial charge in [-0.05, 0) is 0 Å². The molecule has 25 heavy (non-hydrogen) atoms. The molecule has 0 saturated heterocycles. The minimum absolute atomic E-state index is 0.0314. The second kappa shape index (κ2) is 8.33. The van der Waals surface area contributed by atoms with Gasteiger partial charge in [0.1, 0.15) is 0 Å². The van der Waals surface area contributed by atoms with Crippen molar-refractivity contribution in [2.75, 3.05) is 0 Å². The zero-order chi connectivity index (χ0) is 17.9. The van der Waals surface area contributed by atoms with Gasteiger partial charge >= 0.3 is 163 Å². The summed E-state index contributed by atoms with van der Waals surface area (Å²) in [6.45, 7) is 7.24. The van der Waals surface area contributed by atoms with E-state index in [1.165, 1.54) is 51.9 Å². The molecule has 0 amide bonds. The van der Waals surface area contributed by atoms with Crippen LogP contribution in [0.15, 0.2) is 30.3 Å². The van der Waals surface area contributed by atoms with E-state index in [2.05, 4.69) is 51.1 Å². The molecular weight excluding hydrogens is 420 g/mol. The number of fused-ring (bicyclic) bond motifs is 2. The van der Waals surface area contributed by atoms with Gasteiger partial charge in [-0.3, -0.25) is 0 Å². The molecular formula is C23H37OTe+. The van der Waals surface area contributed by atoms with E-state index < -0.39 is 19.6 Å². The van der Waals surface area contributed by atoms with Crippen molar-refractivity contribution < 1.29 is 5.11 Å². The van der Waals surface area contributed by atoms with Gasteiger partial charge in [0.05, 0.1) is 0 Å². The Morgan fingerprint density at radius 3 is 2.48 bits per heavy atom. The Balaban J connectivity index is 1.72. The van der Waals surface area contributed by atoms with E-state index in [-0.39, 0.29) is 11.5 Å². The fraction of sp³-hybridized carbons (Fsp3) is 0.739. The first-order valence-corrected chi connectivity index (χ1v) is 15.3. The van der Waals surface area contributed by atoms with Gasteiger partial charge in [-0.1, -0.05) is 0 Å². The molecule has 2 aliphatic rings. The second-order valence-corrected chi connectivity index (χ2v) is 15.3. The zero-order valence-electron chi connectivity index (χ0n) is 16.5. The standard InChI is InChI=1S/C23H37OTe/c1-4-5-6-10-15-25(17-19-11-8-7-9-12-19)18-23-14-13-20(16-21(23)24)22(23,2)3/h7-9,11-12,20-21,24H,4-6,10,13-18H2,1-3H3/q+1/t20-,21-,23-/m1/s1. The van der Waals surface area contributed by atoms with E-state index in [4.69, 9.17) is 0 Å². The third-order valence-electron chi connectivity index (χ3n) is 7.35. The van der Waals surface area contributed by atoms with E-state index in [0.717, 1.165) is 12.3 Å². The zero-order valence-corrected chi connectivity index (χ0v) is 18.8. The molecule has 1 N–H and O–H groups in total. The topological polar surface area (TPSA) is 20.2 Å². The van der Waals surface area contributed by atoms with Gasteiger partial charge in [0.25, 0.3) is 0 Å². The molecule has 2 saturated carbocycles. The van der Waals surface area contributed by atoms with E-state index in [1.807, 2.05) is 0 Å². The van der Waals surface area contributed by atoms with Crippen LogP contribution < -0.4 is 0 Å². The van der Waals surface area contributed by atoms with E-state index >= 15 is 0 Å². The van der Waals surface area contributed by atoms with Crippen molar-refractivity contribution in [2.24, 2.45) is 16.7 Å². The first-order valence-electron chi connectivity index (χ1n) is 10.4. The maximum atomic E-state index is 11.0. The molecule has 1 aromatic rings. The van der Waals surface area contributed by atoms with Gasteiger partial charge in [0.2, 0.25) is 0 Å². The van der Waals surface area contributed by atoms with Gasteiger partial charge in [-0.25, -0.2) is 0 Å². The first-order chi connectivity index (χ1) is 12.0. The number of unbranched alkanes of at least 4 members (excludes halogenated alkanes) is 3. The molecule has 0 aliphatic heterocycles. The fourth-order valence-electron chi connectivity index (χ4n) is 5.48. The summed E-state index contributed by atoms with van der Waals surface area (Å²) in [6.07, 6.45) is 9.23. The summed E-state index contributed by atoms with van der Waals surface area (Å²) in [6, 6.07) is 11.2. The average Bonchev–Trinajstić information content (AvgIpc) is 2.94. The summed E-state index contributed by atoms with van der Waals surface area (Å²) in [7, 11) is 0. The summed E-state index contributed by atoms with van der Waals surface area (Å²) in [5.41, 5.74) is 2.14. The number of rotatable bonds is 9. The minimum atomic E-state index is -1.26. The normalized spacial score (nSPS) is 30.3. The Bertz CT molecular complexity index is 540. The van der Waals surface area contributed by atoms with Gasteiger partial charge < -0.3 is 0 Å². The summed E-state index contributed by atoms with van der Waals surface area (Å²) in [4.78, 5) is 0. The molecule has 0 radical (unpaired) electrons. The molecule has 3 atom stereocenters. The van der Waals surface area contributed by atoms with E-state index in [1.54, 1.807) is 5.56 Å². The summed E-state index contributed by atoms with van der Waals surface area (Å²) < 4.78 is 4.24. The number of aliphatic hydroxyl groups excluding tert-OH is 1. The van der Waals surface area contributed by atoms with E-state index in [0.29, 0.717) is 5.41 Å². The van der Waals surface area contributed by atoms with Crippen LogP contribution in [0.5, 0.6) is 0 Å². The molecule has 0 heterocycles. The molecule has 2 heteroatoms. The molecule has 0 aromatic heterocycles. The second-order valence-electron chi connectivity index (χ2n) is 9.02. The third kappa shape index (κ3) is 3.97. The van der Waals surface area contributed by atoms with Crippen molar-refractivity contribution in [3.05, 3.63) is 35.9 Å². The molecule has 2 aliphatic carbocycles. The quantitative estimate of drug-likeness (QED) is 0.355. The van der Waals surface area contributed by atoms with Gasteiger partial charge in [0, 0.05) is 0 Å². The summed E-state index contributed by atoms with van der Waals surface area (Å²) >= 11 is -1.26. The fourth-order valence-corrected chi connectivity index (χ4v) is 14.3. The number of hydrogen-bond donors (Lipinski definition) is 1. The van der Waals surface area contributed by atoms with Crippen LogP contribution in [0.1, 0.15) is 71.3 Å². The summed E-state index contributed by atoms with van der Waals surface area (Å²) in [5.74, 6) is 0.763. The van der Waals surface area contributed by atoms with Crippen LogP contribution in [-0.2, 0) is 4.47 Å². The SMILES string of the molecule is CCCCCC[Te+](Cc1ccccc1)C[C@]12CC[C@H](C[C@H]1O)C2(C)C. The molecule has 3 rings (SSSR count). The average molecular weight is 457 g/mol. The molecule has 2 fully saturated rings. The van der Waals surface area contributed by atoms with Gasteiger partial charge in [-0.15, -0.1) is 0 Å². The molecule has 140 valence electrons. The van der Waals surface area contributed by atoms with Crippen molar-refractivity contribution in [1.82, 2.24) is 0 Å². The van der Waals surface area contributed by atoms with Crippen LogP contribution in [0.4, 0.5) is 0 Å². The molecule has 0 unspecified atom stereocenters. The van der Waals surface area contributed by atoms with Gasteiger partial charge in [-0.2, -0.15) is 0 Å². The predicted octanol–water partition coefficient (Wildman–Crippen LogP) is 6.03.